The van der Waals surface area contributed by atoms with Gasteiger partial charge in [-0.3, -0.25) is 9.59 Å². The Kier molecular flexibility index (Phi) is 7.05. The number of esters is 1. The number of aromatic nitrogens is 1. The summed E-state index contributed by atoms with van der Waals surface area (Å²) in [6.07, 6.45) is 0. The minimum absolute atomic E-state index is 0.0184. The zero-order valence-electron chi connectivity index (χ0n) is 18.6. The molecule has 1 aromatic carbocycles. The van der Waals surface area contributed by atoms with E-state index in [0.29, 0.717) is 48.9 Å². The molecule has 0 saturated carbocycles. The fourth-order valence-corrected chi connectivity index (χ4v) is 3.57. The highest BCUT2D eigenvalue weighted by molar-refractivity contribution is 5.96. The number of hydrogen-bond acceptors (Lipinski definition) is 5. The topological polar surface area (TPSA) is 79.8 Å². The van der Waals surface area contributed by atoms with Crippen LogP contribution in [-0.4, -0.2) is 65.4 Å². The van der Waals surface area contributed by atoms with Crippen LogP contribution in [0.4, 0.5) is 0 Å². The first kappa shape index (κ1) is 22.5. The summed E-state index contributed by atoms with van der Waals surface area (Å²) >= 11 is 0. The summed E-state index contributed by atoms with van der Waals surface area (Å²) in [4.78, 5) is 45.3. The number of pyridine rings is 1. The lowest BCUT2D eigenvalue weighted by atomic mass is 10.0. The van der Waals surface area contributed by atoms with Gasteiger partial charge in [-0.05, 0) is 49.6 Å². The van der Waals surface area contributed by atoms with Crippen molar-refractivity contribution in [2.45, 2.75) is 33.6 Å². The number of carbonyl (C=O) groups excluding carboxylic acids is 3. The van der Waals surface area contributed by atoms with Gasteiger partial charge in [-0.1, -0.05) is 26.0 Å². The van der Waals surface area contributed by atoms with Crippen molar-refractivity contribution in [2.75, 3.05) is 32.8 Å². The molecule has 1 aliphatic heterocycles. The molecule has 0 N–H and O–H groups in total. The second-order valence-electron chi connectivity index (χ2n) is 7.91. The van der Waals surface area contributed by atoms with Gasteiger partial charge in [-0.2, -0.15) is 0 Å². The van der Waals surface area contributed by atoms with Crippen LogP contribution in [0.1, 0.15) is 69.2 Å². The fourth-order valence-electron chi connectivity index (χ4n) is 3.57. The molecular weight excluding hydrogens is 394 g/mol. The molecule has 1 aromatic heterocycles. The molecule has 0 unspecified atom stereocenters. The second-order valence-corrected chi connectivity index (χ2v) is 7.91. The molecular formula is C24H29N3O4. The largest absolute Gasteiger partial charge is 0.462 e. The van der Waals surface area contributed by atoms with E-state index in [9.17, 15) is 14.4 Å². The quantitative estimate of drug-likeness (QED) is 0.690. The lowest BCUT2D eigenvalue weighted by molar-refractivity contribution is 0.0521. The van der Waals surface area contributed by atoms with Gasteiger partial charge < -0.3 is 14.5 Å². The molecule has 31 heavy (non-hydrogen) atoms. The van der Waals surface area contributed by atoms with Crippen molar-refractivity contribution in [1.29, 1.82) is 0 Å². The number of aryl methyl sites for hydroxylation is 1. The molecule has 7 nitrogen and oxygen atoms in total. The molecule has 0 atom stereocenters. The average molecular weight is 424 g/mol. The summed E-state index contributed by atoms with van der Waals surface area (Å²) in [5.41, 5.74) is 2.97. The first-order valence-corrected chi connectivity index (χ1v) is 10.6. The molecule has 1 aliphatic rings. The number of nitrogens with zero attached hydrogens (tertiary/aromatic N) is 3. The van der Waals surface area contributed by atoms with E-state index < -0.39 is 5.97 Å². The van der Waals surface area contributed by atoms with Crippen molar-refractivity contribution < 1.29 is 19.1 Å². The molecule has 0 radical (unpaired) electrons. The maximum Gasteiger partial charge on any atom is 0.339 e. The van der Waals surface area contributed by atoms with Gasteiger partial charge in [0.25, 0.3) is 11.8 Å². The van der Waals surface area contributed by atoms with Crippen LogP contribution in [0.15, 0.2) is 36.4 Å². The number of piperazine rings is 1. The monoisotopic (exact) mass is 423 g/mol. The van der Waals surface area contributed by atoms with Gasteiger partial charge in [0.15, 0.2) is 0 Å². The van der Waals surface area contributed by atoms with E-state index in [-0.39, 0.29) is 24.1 Å². The van der Waals surface area contributed by atoms with E-state index in [4.69, 9.17) is 4.74 Å². The van der Waals surface area contributed by atoms with Gasteiger partial charge in [0.1, 0.15) is 5.69 Å². The summed E-state index contributed by atoms with van der Waals surface area (Å²) in [5.74, 6) is -0.246. The van der Waals surface area contributed by atoms with Crippen LogP contribution < -0.4 is 0 Å². The molecule has 7 heteroatoms. The van der Waals surface area contributed by atoms with Crippen molar-refractivity contribution in [3.63, 3.8) is 0 Å². The number of amides is 2. The van der Waals surface area contributed by atoms with E-state index in [2.05, 4.69) is 18.8 Å². The Morgan fingerprint density at radius 1 is 0.935 bits per heavy atom. The molecule has 1 saturated heterocycles. The molecule has 0 spiro atoms. The van der Waals surface area contributed by atoms with Crippen LogP contribution in [0.25, 0.3) is 0 Å². The van der Waals surface area contributed by atoms with Gasteiger partial charge in [0, 0.05) is 31.7 Å². The zero-order chi connectivity index (χ0) is 22.5. The average Bonchev–Trinajstić information content (AvgIpc) is 2.78. The van der Waals surface area contributed by atoms with Gasteiger partial charge in [-0.15, -0.1) is 0 Å². The maximum atomic E-state index is 12.9. The first-order valence-electron chi connectivity index (χ1n) is 10.6. The van der Waals surface area contributed by atoms with Gasteiger partial charge >= 0.3 is 5.97 Å². The molecule has 164 valence electrons. The second kappa shape index (κ2) is 9.73. The summed E-state index contributed by atoms with van der Waals surface area (Å²) in [7, 11) is 0. The van der Waals surface area contributed by atoms with E-state index in [0.717, 1.165) is 0 Å². The molecule has 0 bridgehead atoms. The third-order valence-electron chi connectivity index (χ3n) is 5.48. The Hall–Kier alpha value is -3.22. The minimum atomic E-state index is -0.444. The van der Waals surface area contributed by atoms with Crippen LogP contribution in [-0.2, 0) is 4.74 Å². The van der Waals surface area contributed by atoms with Crippen LogP contribution in [0.2, 0.25) is 0 Å². The number of rotatable bonds is 5. The zero-order valence-corrected chi connectivity index (χ0v) is 18.6. The molecule has 2 heterocycles. The number of carbonyl (C=O) groups is 3. The number of hydrogen-bond donors (Lipinski definition) is 0. The first-order chi connectivity index (χ1) is 14.8. The van der Waals surface area contributed by atoms with E-state index in [1.807, 2.05) is 24.3 Å². The smallest absolute Gasteiger partial charge is 0.339 e. The molecule has 0 aliphatic carbocycles. The summed E-state index contributed by atoms with van der Waals surface area (Å²) < 4.78 is 5.00. The number of ether oxygens (including phenoxy) is 1. The Morgan fingerprint density at radius 2 is 1.52 bits per heavy atom. The maximum absolute atomic E-state index is 12.9. The molecule has 2 aromatic rings. The highest BCUT2D eigenvalue weighted by Crippen LogP contribution is 2.17. The Morgan fingerprint density at radius 3 is 2.03 bits per heavy atom. The highest BCUT2D eigenvalue weighted by Gasteiger charge is 2.26. The highest BCUT2D eigenvalue weighted by atomic mass is 16.5. The van der Waals surface area contributed by atoms with Crippen molar-refractivity contribution in [3.8, 4) is 0 Å². The lowest BCUT2D eigenvalue weighted by Crippen LogP contribution is -2.50. The molecule has 1 fully saturated rings. The van der Waals surface area contributed by atoms with Gasteiger partial charge in [0.2, 0.25) is 0 Å². The Labute approximate surface area is 183 Å². The SMILES string of the molecule is CCOC(=O)c1ccc(C(=O)N2CCN(C(=O)c3ccc(C(C)C)cc3)CC2)nc1C. The van der Waals surface area contributed by atoms with Crippen molar-refractivity contribution >= 4 is 17.8 Å². The van der Waals surface area contributed by atoms with Crippen LogP contribution >= 0.6 is 0 Å². The summed E-state index contributed by atoms with van der Waals surface area (Å²) in [6, 6.07) is 10.8. The Bertz CT molecular complexity index is 961. The lowest BCUT2D eigenvalue weighted by Gasteiger charge is -2.34. The van der Waals surface area contributed by atoms with Crippen molar-refractivity contribution in [3.05, 3.63) is 64.5 Å². The van der Waals surface area contributed by atoms with Crippen molar-refractivity contribution in [1.82, 2.24) is 14.8 Å². The standard InChI is InChI=1S/C24H29N3O4/c1-5-31-24(30)20-10-11-21(25-17(20)4)23(29)27-14-12-26(13-15-27)22(28)19-8-6-18(7-9-19)16(2)3/h6-11,16H,5,12-15H2,1-4H3. The van der Waals surface area contributed by atoms with Gasteiger partial charge in [-0.25, -0.2) is 9.78 Å². The molecule has 2 amide bonds. The predicted octanol–water partition coefficient (Wildman–Crippen LogP) is 3.29. The Balaban J connectivity index is 1.61. The molecule has 3 rings (SSSR count). The van der Waals surface area contributed by atoms with Crippen LogP contribution in [0.3, 0.4) is 0 Å². The van der Waals surface area contributed by atoms with E-state index >= 15 is 0 Å². The predicted molar refractivity (Wildman–Crippen MR) is 117 cm³/mol. The number of benzene rings is 1. The van der Waals surface area contributed by atoms with Crippen molar-refractivity contribution in [2.24, 2.45) is 0 Å². The van der Waals surface area contributed by atoms with E-state index in [1.54, 1.807) is 35.8 Å². The normalized spacial score (nSPS) is 14.0. The third-order valence-corrected chi connectivity index (χ3v) is 5.48. The third kappa shape index (κ3) is 5.10. The fraction of sp³-hybridized carbons (Fsp3) is 0.417. The van der Waals surface area contributed by atoms with Gasteiger partial charge in [0.05, 0.1) is 17.9 Å². The summed E-state index contributed by atoms with van der Waals surface area (Å²) in [5, 5.41) is 0. The minimum Gasteiger partial charge on any atom is -0.462 e. The summed E-state index contributed by atoms with van der Waals surface area (Å²) in [6.45, 7) is 9.76. The van der Waals surface area contributed by atoms with E-state index in [1.165, 1.54) is 5.56 Å². The van der Waals surface area contributed by atoms with Crippen LogP contribution in [0.5, 0.6) is 0 Å². The van der Waals surface area contributed by atoms with Crippen LogP contribution in [0, 0.1) is 6.92 Å².